The predicted octanol–water partition coefficient (Wildman–Crippen LogP) is 3.01. The number of sulfonamides is 1. The molecule has 0 saturated heterocycles. The quantitative estimate of drug-likeness (QED) is 0.606. The highest BCUT2D eigenvalue weighted by atomic mass is 35.5. The molecule has 1 atom stereocenters. The van der Waals surface area contributed by atoms with Crippen LogP contribution >= 0.6 is 11.6 Å². The number of aryl methyl sites for hydroxylation is 1. The normalized spacial score (nSPS) is 12.2. The minimum absolute atomic E-state index is 0.215. The van der Waals surface area contributed by atoms with Gasteiger partial charge in [-0.3, -0.25) is 9.10 Å². The zero-order valence-electron chi connectivity index (χ0n) is 16.8. The van der Waals surface area contributed by atoms with E-state index in [2.05, 4.69) is 5.32 Å². The van der Waals surface area contributed by atoms with Crippen molar-refractivity contribution < 1.29 is 22.7 Å². The van der Waals surface area contributed by atoms with Crippen molar-refractivity contribution in [3.8, 4) is 11.5 Å². The molecule has 1 amide bonds. The summed E-state index contributed by atoms with van der Waals surface area (Å²) >= 11 is 6.03. The van der Waals surface area contributed by atoms with Crippen LogP contribution in [-0.2, 0) is 14.8 Å². The Kier molecular flexibility index (Phi) is 7.75. The zero-order chi connectivity index (χ0) is 21.6. The molecular formula is C20H25ClN2O5S. The molecule has 0 aromatic heterocycles. The van der Waals surface area contributed by atoms with E-state index in [1.807, 2.05) is 0 Å². The van der Waals surface area contributed by atoms with Gasteiger partial charge in [0.05, 0.1) is 25.6 Å². The maximum Gasteiger partial charge on any atom is 0.243 e. The van der Waals surface area contributed by atoms with Crippen molar-refractivity contribution in [3.05, 3.63) is 53.1 Å². The first-order chi connectivity index (χ1) is 13.6. The van der Waals surface area contributed by atoms with Crippen LogP contribution in [0.25, 0.3) is 0 Å². The second-order valence-corrected chi connectivity index (χ2v) is 8.78. The SMILES string of the molecule is COc1cccc(OCCNC(=O)C(C)N(c2cc(Cl)ccc2C)S(C)(=O)=O)c1. The molecule has 0 aliphatic carbocycles. The number of nitrogens with one attached hydrogen (secondary N) is 1. The molecule has 0 aliphatic rings. The lowest BCUT2D eigenvalue weighted by atomic mass is 10.2. The van der Waals surface area contributed by atoms with Crippen molar-refractivity contribution in [2.75, 3.05) is 30.8 Å². The second-order valence-electron chi connectivity index (χ2n) is 6.48. The molecule has 0 spiro atoms. The monoisotopic (exact) mass is 440 g/mol. The first kappa shape index (κ1) is 22.8. The Morgan fingerprint density at radius 3 is 2.55 bits per heavy atom. The number of carbonyl (C=O) groups is 1. The molecule has 0 radical (unpaired) electrons. The molecule has 0 bridgehead atoms. The van der Waals surface area contributed by atoms with Gasteiger partial charge in [-0.2, -0.15) is 0 Å². The van der Waals surface area contributed by atoms with Gasteiger partial charge in [0.25, 0.3) is 0 Å². The number of amides is 1. The van der Waals surface area contributed by atoms with Gasteiger partial charge in [-0.25, -0.2) is 8.42 Å². The molecule has 29 heavy (non-hydrogen) atoms. The fraction of sp³-hybridized carbons (Fsp3) is 0.350. The van der Waals surface area contributed by atoms with Gasteiger partial charge in [0, 0.05) is 11.1 Å². The van der Waals surface area contributed by atoms with Crippen LogP contribution in [0.1, 0.15) is 12.5 Å². The number of hydrogen-bond donors (Lipinski definition) is 1. The highest BCUT2D eigenvalue weighted by Gasteiger charge is 2.30. The third-order valence-electron chi connectivity index (χ3n) is 4.21. The molecular weight excluding hydrogens is 416 g/mol. The number of carbonyl (C=O) groups excluding carboxylic acids is 1. The Balaban J connectivity index is 2.03. The number of methoxy groups -OCH3 is 1. The van der Waals surface area contributed by atoms with Crippen LogP contribution in [0, 0.1) is 6.92 Å². The van der Waals surface area contributed by atoms with E-state index < -0.39 is 22.0 Å². The van der Waals surface area contributed by atoms with Gasteiger partial charge in [0.2, 0.25) is 15.9 Å². The minimum atomic E-state index is -3.71. The number of anilines is 1. The van der Waals surface area contributed by atoms with Crippen molar-refractivity contribution >= 4 is 33.2 Å². The fourth-order valence-electron chi connectivity index (χ4n) is 2.78. The number of halogens is 1. The molecule has 9 heteroatoms. The average Bonchev–Trinajstić information content (AvgIpc) is 2.67. The Labute approximate surface area is 176 Å². The van der Waals surface area contributed by atoms with Crippen LogP contribution in [0.5, 0.6) is 11.5 Å². The van der Waals surface area contributed by atoms with Crippen LogP contribution < -0.4 is 19.1 Å². The number of nitrogens with zero attached hydrogens (tertiary/aromatic N) is 1. The van der Waals surface area contributed by atoms with Crippen molar-refractivity contribution in [2.24, 2.45) is 0 Å². The van der Waals surface area contributed by atoms with Gasteiger partial charge in [0.1, 0.15) is 24.1 Å². The number of hydrogen-bond acceptors (Lipinski definition) is 5. The Hall–Kier alpha value is -2.45. The van der Waals surface area contributed by atoms with E-state index in [0.29, 0.717) is 27.8 Å². The van der Waals surface area contributed by atoms with Crippen LogP contribution in [0.2, 0.25) is 5.02 Å². The molecule has 158 valence electrons. The van der Waals surface area contributed by atoms with Crippen molar-refractivity contribution in [3.63, 3.8) is 0 Å². The highest BCUT2D eigenvalue weighted by Crippen LogP contribution is 2.28. The number of rotatable bonds is 9. The van der Waals surface area contributed by atoms with Crippen LogP contribution in [0.4, 0.5) is 5.69 Å². The molecule has 0 saturated carbocycles. The summed E-state index contributed by atoms with van der Waals surface area (Å²) in [7, 11) is -2.15. The summed E-state index contributed by atoms with van der Waals surface area (Å²) in [6.45, 7) is 3.73. The van der Waals surface area contributed by atoms with E-state index >= 15 is 0 Å². The zero-order valence-corrected chi connectivity index (χ0v) is 18.4. The standard InChI is InChI=1S/C20H25ClN2O5S/c1-14-8-9-16(21)12-19(14)23(29(4,25)26)15(2)20(24)22-10-11-28-18-7-5-6-17(13-18)27-3/h5-9,12-13,15H,10-11H2,1-4H3,(H,22,24). The van der Waals surface area contributed by atoms with E-state index in [-0.39, 0.29) is 13.2 Å². The van der Waals surface area contributed by atoms with Crippen molar-refractivity contribution in [2.45, 2.75) is 19.9 Å². The van der Waals surface area contributed by atoms with Crippen LogP contribution in [0.3, 0.4) is 0 Å². The minimum Gasteiger partial charge on any atom is -0.497 e. The van der Waals surface area contributed by atoms with Gasteiger partial charge in [0.15, 0.2) is 0 Å². The summed E-state index contributed by atoms with van der Waals surface area (Å²) in [5.74, 6) is 0.837. The maximum absolute atomic E-state index is 12.6. The summed E-state index contributed by atoms with van der Waals surface area (Å²) in [5.41, 5.74) is 1.07. The topological polar surface area (TPSA) is 84.9 Å². The molecule has 0 heterocycles. The second kappa shape index (κ2) is 9.84. The Morgan fingerprint density at radius 1 is 1.21 bits per heavy atom. The van der Waals surface area contributed by atoms with Crippen LogP contribution in [0.15, 0.2) is 42.5 Å². The summed E-state index contributed by atoms with van der Waals surface area (Å²) in [6.07, 6.45) is 1.06. The summed E-state index contributed by atoms with van der Waals surface area (Å²) in [5, 5.41) is 3.09. The third-order valence-corrected chi connectivity index (χ3v) is 5.67. The molecule has 0 fully saturated rings. The first-order valence-corrected chi connectivity index (χ1v) is 11.2. The van der Waals surface area contributed by atoms with Gasteiger partial charge >= 0.3 is 0 Å². The van der Waals surface area contributed by atoms with E-state index in [4.69, 9.17) is 21.1 Å². The molecule has 1 N–H and O–H groups in total. The first-order valence-electron chi connectivity index (χ1n) is 8.93. The largest absolute Gasteiger partial charge is 0.497 e. The molecule has 7 nitrogen and oxygen atoms in total. The smallest absolute Gasteiger partial charge is 0.243 e. The number of ether oxygens (including phenoxy) is 2. The molecule has 2 aromatic carbocycles. The van der Waals surface area contributed by atoms with E-state index in [1.54, 1.807) is 50.4 Å². The Bertz CT molecular complexity index is 965. The number of benzene rings is 2. The van der Waals surface area contributed by atoms with Crippen LogP contribution in [-0.4, -0.2) is 46.9 Å². The lowest BCUT2D eigenvalue weighted by molar-refractivity contribution is -0.121. The van der Waals surface area contributed by atoms with Gasteiger partial charge in [-0.05, 0) is 43.7 Å². The fourth-order valence-corrected chi connectivity index (χ4v) is 4.17. The lowest BCUT2D eigenvalue weighted by Gasteiger charge is -2.29. The van der Waals surface area contributed by atoms with E-state index in [0.717, 1.165) is 10.6 Å². The maximum atomic E-state index is 12.6. The van der Waals surface area contributed by atoms with Gasteiger partial charge in [-0.1, -0.05) is 23.7 Å². The molecule has 2 aromatic rings. The average molecular weight is 441 g/mol. The third kappa shape index (κ3) is 6.27. The van der Waals surface area contributed by atoms with Gasteiger partial charge < -0.3 is 14.8 Å². The molecule has 0 aliphatic heterocycles. The van der Waals surface area contributed by atoms with Gasteiger partial charge in [-0.15, -0.1) is 0 Å². The molecule has 1 unspecified atom stereocenters. The summed E-state index contributed by atoms with van der Waals surface area (Å²) < 4.78 is 36.6. The summed E-state index contributed by atoms with van der Waals surface area (Å²) in [4.78, 5) is 12.6. The predicted molar refractivity (Wildman–Crippen MR) is 114 cm³/mol. The summed E-state index contributed by atoms with van der Waals surface area (Å²) in [6, 6.07) is 11.1. The molecule has 2 rings (SSSR count). The van der Waals surface area contributed by atoms with Crippen molar-refractivity contribution in [1.82, 2.24) is 5.32 Å². The van der Waals surface area contributed by atoms with Crippen molar-refractivity contribution in [1.29, 1.82) is 0 Å². The Morgan fingerprint density at radius 2 is 1.90 bits per heavy atom. The highest BCUT2D eigenvalue weighted by molar-refractivity contribution is 7.92. The van der Waals surface area contributed by atoms with E-state index in [1.165, 1.54) is 13.0 Å². The lowest BCUT2D eigenvalue weighted by Crippen LogP contribution is -2.48. The van der Waals surface area contributed by atoms with E-state index in [9.17, 15) is 13.2 Å².